The van der Waals surface area contributed by atoms with Gasteiger partial charge in [-0.15, -0.1) is 0 Å². The summed E-state index contributed by atoms with van der Waals surface area (Å²) in [6, 6.07) is 8.01. The average Bonchev–Trinajstić information content (AvgIpc) is 2.59. The van der Waals surface area contributed by atoms with Crippen molar-refractivity contribution in [3.8, 4) is 0 Å². The Morgan fingerprint density at radius 2 is 1.88 bits per heavy atom. The van der Waals surface area contributed by atoms with Gasteiger partial charge in [0.2, 0.25) is 0 Å². The van der Waals surface area contributed by atoms with Gasteiger partial charge in [-0.25, -0.2) is 4.98 Å². The number of anilines is 2. The third kappa shape index (κ3) is 5.48. The molecule has 1 amide bonds. The van der Waals surface area contributed by atoms with Gasteiger partial charge in [0.05, 0.1) is 23.1 Å². The topological polar surface area (TPSA) is 54.0 Å². The van der Waals surface area contributed by atoms with Crippen LogP contribution in [0.4, 0.5) is 24.5 Å². The second-order valence-corrected chi connectivity index (χ2v) is 5.56. The number of unbranched alkanes of at least 4 members (excludes halogenated alkanes) is 2. The lowest BCUT2D eigenvalue weighted by atomic mass is 10.1. The van der Waals surface area contributed by atoms with Crippen molar-refractivity contribution in [3.63, 3.8) is 0 Å². The maximum absolute atomic E-state index is 13.0. The lowest BCUT2D eigenvalue weighted by Crippen LogP contribution is -2.17. The monoisotopic (exact) mass is 351 g/mol. The van der Waals surface area contributed by atoms with Crippen molar-refractivity contribution < 1.29 is 18.0 Å². The fraction of sp³-hybridized carbons (Fsp3) is 0.333. The molecule has 0 aliphatic rings. The Morgan fingerprint density at radius 1 is 1.12 bits per heavy atom. The van der Waals surface area contributed by atoms with Gasteiger partial charge in [0.15, 0.2) is 0 Å². The molecule has 2 rings (SSSR count). The van der Waals surface area contributed by atoms with Crippen LogP contribution < -0.4 is 10.6 Å². The van der Waals surface area contributed by atoms with Crippen molar-refractivity contribution in [3.05, 3.63) is 53.9 Å². The molecule has 0 saturated heterocycles. The van der Waals surface area contributed by atoms with Crippen molar-refractivity contribution in [2.45, 2.75) is 32.4 Å². The Bertz CT molecular complexity index is 699. The van der Waals surface area contributed by atoms with Crippen LogP contribution in [0.3, 0.4) is 0 Å². The highest BCUT2D eigenvalue weighted by Gasteiger charge is 2.33. The van der Waals surface area contributed by atoms with E-state index in [2.05, 4.69) is 22.5 Å². The molecule has 1 aromatic heterocycles. The highest BCUT2D eigenvalue weighted by Crippen LogP contribution is 2.34. The maximum atomic E-state index is 13.0. The zero-order valence-electron chi connectivity index (χ0n) is 13.9. The molecule has 0 radical (unpaired) electrons. The summed E-state index contributed by atoms with van der Waals surface area (Å²) in [5, 5.41) is 5.45. The number of pyridine rings is 1. The first-order chi connectivity index (χ1) is 11.9. The van der Waals surface area contributed by atoms with Crippen molar-refractivity contribution in [2.24, 2.45) is 0 Å². The number of amides is 1. The Kier molecular flexibility index (Phi) is 6.38. The van der Waals surface area contributed by atoms with E-state index in [0.29, 0.717) is 0 Å². The third-order valence-electron chi connectivity index (χ3n) is 3.59. The van der Waals surface area contributed by atoms with E-state index in [4.69, 9.17) is 0 Å². The number of carbonyl (C=O) groups excluding carboxylic acids is 1. The first-order valence-corrected chi connectivity index (χ1v) is 8.09. The van der Waals surface area contributed by atoms with Crippen LogP contribution in [-0.4, -0.2) is 17.4 Å². The lowest BCUT2D eigenvalue weighted by molar-refractivity contribution is -0.136. The first kappa shape index (κ1) is 18.8. The van der Waals surface area contributed by atoms with E-state index in [1.165, 1.54) is 30.5 Å². The fourth-order valence-electron chi connectivity index (χ4n) is 2.27. The minimum Gasteiger partial charge on any atom is -0.384 e. The Balaban J connectivity index is 2.02. The summed E-state index contributed by atoms with van der Waals surface area (Å²) >= 11 is 0. The summed E-state index contributed by atoms with van der Waals surface area (Å²) in [6.45, 7) is 2.92. The van der Waals surface area contributed by atoms with Gasteiger partial charge < -0.3 is 10.6 Å². The van der Waals surface area contributed by atoms with E-state index in [1.54, 1.807) is 6.07 Å². The summed E-state index contributed by atoms with van der Waals surface area (Å²) in [7, 11) is 0. The largest absolute Gasteiger partial charge is 0.418 e. The molecule has 134 valence electrons. The van der Waals surface area contributed by atoms with Crippen LogP contribution >= 0.6 is 0 Å². The Hall–Kier alpha value is -2.57. The second-order valence-electron chi connectivity index (χ2n) is 5.56. The Morgan fingerprint density at radius 3 is 2.52 bits per heavy atom. The number of nitrogens with zero attached hydrogens (tertiary/aromatic N) is 1. The number of hydrogen-bond donors (Lipinski definition) is 2. The smallest absolute Gasteiger partial charge is 0.384 e. The third-order valence-corrected chi connectivity index (χ3v) is 3.59. The molecule has 2 aromatic rings. The standard InChI is InChI=1S/C18H20F3N3O/c1-2-3-6-11-22-13-9-10-16(23-12-13)17(25)24-15-8-5-4-7-14(15)18(19,20)21/h4-5,7-10,12,22H,2-3,6,11H2,1H3,(H,24,25). The van der Waals surface area contributed by atoms with E-state index in [-0.39, 0.29) is 11.4 Å². The quantitative estimate of drug-likeness (QED) is 0.694. The van der Waals surface area contributed by atoms with E-state index in [0.717, 1.165) is 37.6 Å². The molecule has 7 heteroatoms. The van der Waals surface area contributed by atoms with Crippen LogP contribution in [0.25, 0.3) is 0 Å². The van der Waals surface area contributed by atoms with Gasteiger partial charge in [-0.3, -0.25) is 4.79 Å². The number of carbonyl (C=O) groups is 1. The summed E-state index contributed by atoms with van der Waals surface area (Å²) in [4.78, 5) is 16.2. The van der Waals surface area contributed by atoms with E-state index < -0.39 is 17.6 Å². The predicted molar refractivity (Wildman–Crippen MR) is 91.6 cm³/mol. The molecule has 2 N–H and O–H groups in total. The molecule has 0 atom stereocenters. The molecule has 1 aromatic carbocycles. The van der Waals surface area contributed by atoms with Crippen molar-refractivity contribution in [1.29, 1.82) is 0 Å². The Labute approximate surface area is 144 Å². The molecule has 0 saturated carbocycles. The second kappa shape index (κ2) is 8.50. The number of rotatable bonds is 7. The molecule has 0 unspecified atom stereocenters. The first-order valence-electron chi connectivity index (χ1n) is 8.09. The normalized spacial score (nSPS) is 11.2. The molecule has 4 nitrogen and oxygen atoms in total. The van der Waals surface area contributed by atoms with Gasteiger partial charge in [-0.1, -0.05) is 31.9 Å². The van der Waals surface area contributed by atoms with Crippen molar-refractivity contribution >= 4 is 17.3 Å². The molecule has 0 spiro atoms. The zero-order chi connectivity index (χ0) is 18.3. The highest BCUT2D eigenvalue weighted by molar-refractivity contribution is 6.03. The van der Waals surface area contributed by atoms with Gasteiger partial charge in [-0.2, -0.15) is 13.2 Å². The van der Waals surface area contributed by atoms with Crippen LogP contribution in [-0.2, 0) is 6.18 Å². The number of benzene rings is 1. The van der Waals surface area contributed by atoms with Crippen LogP contribution in [0.15, 0.2) is 42.6 Å². The molecule has 0 bridgehead atoms. The fourth-order valence-corrected chi connectivity index (χ4v) is 2.27. The highest BCUT2D eigenvalue weighted by atomic mass is 19.4. The summed E-state index contributed by atoms with van der Waals surface area (Å²) in [6.07, 6.45) is 0.241. The number of halogens is 3. The number of nitrogens with one attached hydrogen (secondary N) is 2. The summed E-state index contributed by atoms with van der Waals surface area (Å²) < 4.78 is 38.9. The number of alkyl halides is 3. The lowest BCUT2D eigenvalue weighted by Gasteiger charge is -2.13. The number of hydrogen-bond acceptors (Lipinski definition) is 3. The zero-order valence-corrected chi connectivity index (χ0v) is 13.9. The minimum absolute atomic E-state index is 0.0519. The van der Waals surface area contributed by atoms with Crippen molar-refractivity contribution in [2.75, 3.05) is 17.2 Å². The number of para-hydroxylation sites is 1. The molecular formula is C18H20F3N3O. The summed E-state index contributed by atoms with van der Waals surface area (Å²) in [5.41, 5.74) is -0.361. The molecule has 0 fully saturated rings. The van der Waals surface area contributed by atoms with Gasteiger partial charge >= 0.3 is 6.18 Å². The van der Waals surface area contributed by atoms with Crippen LogP contribution in [0, 0.1) is 0 Å². The van der Waals surface area contributed by atoms with E-state index >= 15 is 0 Å². The van der Waals surface area contributed by atoms with E-state index in [1.807, 2.05) is 0 Å². The SMILES string of the molecule is CCCCCNc1ccc(C(=O)Nc2ccccc2C(F)(F)F)nc1. The van der Waals surface area contributed by atoms with Crippen LogP contribution in [0.2, 0.25) is 0 Å². The van der Waals surface area contributed by atoms with Crippen molar-refractivity contribution in [1.82, 2.24) is 4.98 Å². The molecule has 25 heavy (non-hydrogen) atoms. The van der Waals surface area contributed by atoms with Crippen LogP contribution in [0.1, 0.15) is 42.2 Å². The van der Waals surface area contributed by atoms with E-state index in [9.17, 15) is 18.0 Å². The summed E-state index contributed by atoms with van der Waals surface area (Å²) in [5.74, 6) is -0.686. The van der Waals surface area contributed by atoms with Crippen LogP contribution in [0.5, 0.6) is 0 Å². The average molecular weight is 351 g/mol. The minimum atomic E-state index is -4.54. The molecular weight excluding hydrogens is 331 g/mol. The van der Waals surface area contributed by atoms with Gasteiger partial charge in [-0.05, 0) is 30.7 Å². The molecule has 0 aliphatic heterocycles. The molecule has 0 aliphatic carbocycles. The van der Waals surface area contributed by atoms with Gasteiger partial charge in [0, 0.05) is 6.54 Å². The number of aromatic nitrogens is 1. The van der Waals surface area contributed by atoms with Gasteiger partial charge in [0.25, 0.3) is 5.91 Å². The van der Waals surface area contributed by atoms with Gasteiger partial charge in [0.1, 0.15) is 5.69 Å². The molecule has 1 heterocycles. The predicted octanol–water partition coefficient (Wildman–Crippen LogP) is 4.95. The maximum Gasteiger partial charge on any atom is 0.418 e.